The first kappa shape index (κ1) is 11.0. The third kappa shape index (κ3) is 1.61. The fraction of sp³-hybridized carbons (Fsp3) is 0.417. The first-order valence-corrected chi connectivity index (χ1v) is 5.96. The Morgan fingerprint density at radius 1 is 1.44 bits per heavy atom. The average Bonchev–Trinajstić information content (AvgIpc) is 2.94. The zero-order valence-corrected chi connectivity index (χ0v) is 9.78. The second kappa shape index (κ2) is 3.97. The Hall–Kier alpha value is -2.11. The number of nitrogens with two attached hydrogens (primary N) is 1. The van der Waals surface area contributed by atoms with Gasteiger partial charge < -0.3 is 15.4 Å². The monoisotopic (exact) mass is 246 g/mol. The molecule has 2 aromatic rings. The molecule has 18 heavy (non-hydrogen) atoms. The number of fused-ring (bicyclic) bond motifs is 1. The van der Waals surface area contributed by atoms with Crippen molar-refractivity contribution in [1.82, 2.24) is 14.5 Å². The van der Waals surface area contributed by atoms with Crippen LogP contribution in [0.1, 0.15) is 25.3 Å². The van der Waals surface area contributed by atoms with Gasteiger partial charge in [-0.2, -0.15) is 0 Å². The molecule has 0 aliphatic heterocycles. The van der Waals surface area contributed by atoms with Crippen LogP contribution in [0.4, 0.5) is 5.82 Å². The van der Waals surface area contributed by atoms with Gasteiger partial charge in [-0.15, -0.1) is 0 Å². The molecule has 0 radical (unpaired) electrons. The van der Waals surface area contributed by atoms with Gasteiger partial charge >= 0.3 is 5.97 Å². The maximum absolute atomic E-state index is 11.0. The van der Waals surface area contributed by atoms with E-state index >= 15 is 0 Å². The number of nitrogens with zero attached hydrogens (tertiary/aromatic N) is 3. The van der Waals surface area contributed by atoms with E-state index in [9.17, 15) is 4.79 Å². The summed E-state index contributed by atoms with van der Waals surface area (Å²) in [5, 5.41) is 9.86. The van der Waals surface area contributed by atoms with E-state index in [2.05, 4.69) is 9.97 Å². The molecule has 1 saturated carbocycles. The zero-order chi connectivity index (χ0) is 12.7. The molecule has 0 aromatic carbocycles. The highest BCUT2D eigenvalue weighted by molar-refractivity contribution is 5.86. The van der Waals surface area contributed by atoms with Gasteiger partial charge in [0.2, 0.25) is 0 Å². The third-order valence-corrected chi connectivity index (χ3v) is 3.69. The smallest absolute Gasteiger partial charge is 0.306 e. The van der Waals surface area contributed by atoms with E-state index in [0.717, 1.165) is 23.9 Å². The molecule has 2 aromatic heterocycles. The van der Waals surface area contributed by atoms with Crippen molar-refractivity contribution < 1.29 is 9.90 Å². The Labute approximate surface area is 103 Å². The summed E-state index contributed by atoms with van der Waals surface area (Å²) in [7, 11) is 0. The van der Waals surface area contributed by atoms with Crippen molar-refractivity contribution in [3.63, 3.8) is 0 Å². The molecule has 3 rings (SSSR count). The SMILES string of the molecule is Nc1ncnc2c1ccn2[C@@H]1CC[C@@H](C(=O)O)C1. The Kier molecular flexibility index (Phi) is 2.43. The molecule has 1 aliphatic rings. The fourth-order valence-electron chi connectivity index (χ4n) is 2.72. The number of hydrogen-bond donors (Lipinski definition) is 2. The molecule has 0 spiro atoms. The van der Waals surface area contributed by atoms with E-state index < -0.39 is 5.97 Å². The Morgan fingerprint density at radius 2 is 2.28 bits per heavy atom. The van der Waals surface area contributed by atoms with E-state index in [0.29, 0.717) is 12.2 Å². The predicted octanol–water partition coefficient (Wildman–Crippen LogP) is 1.44. The van der Waals surface area contributed by atoms with Crippen LogP contribution in [-0.2, 0) is 4.79 Å². The van der Waals surface area contributed by atoms with Crippen molar-refractivity contribution in [3.8, 4) is 0 Å². The number of rotatable bonds is 2. The van der Waals surface area contributed by atoms with Crippen molar-refractivity contribution in [3.05, 3.63) is 18.6 Å². The van der Waals surface area contributed by atoms with Crippen LogP contribution in [0, 0.1) is 5.92 Å². The summed E-state index contributed by atoms with van der Waals surface area (Å²) in [5.74, 6) is -0.485. The van der Waals surface area contributed by atoms with Crippen molar-refractivity contribution in [1.29, 1.82) is 0 Å². The van der Waals surface area contributed by atoms with Gasteiger partial charge in [-0.1, -0.05) is 0 Å². The summed E-state index contributed by atoms with van der Waals surface area (Å²) in [6, 6.07) is 2.08. The average molecular weight is 246 g/mol. The lowest BCUT2D eigenvalue weighted by molar-refractivity contribution is -0.141. The summed E-state index contributed by atoms with van der Waals surface area (Å²) >= 11 is 0. The highest BCUT2D eigenvalue weighted by atomic mass is 16.4. The first-order chi connectivity index (χ1) is 8.66. The minimum Gasteiger partial charge on any atom is -0.481 e. The van der Waals surface area contributed by atoms with Crippen molar-refractivity contribution >= 4 is 22.8 Å². The van der Waals surface area contributed by atoms with Crippen LogP contribution < -0.4 is 5.73 Å². The van der Waals surface area contributed by atoms with Gasteiger partial charge in [-0.25, -0.2) is 9.97 Å². The lowest BCUT2D eigenvalue weighted by atomic mass is 10.1. The molecule has 3 N–H and O–H groups in total. The Balaban J connectivity index is 1.96. The van der Waals surface area contributed by atoms with Gasteiger partial charge in [0, 0.05) is 12.2 Å². The topological polar surface area (TPSA) is 94.0 Å². The quantitative estimate of drug-likeness (QED) is 0.836. The van der Waals surface area contributed by atoms with E-state index in [4.69, 9.17) is 10.8 Å². The molecule has 6 heteroatoms. The Morgan fingerprint density at radius 3 is 3.00 bits per heavy atom. The molecule has 0 saturated heterocycles. The maximum Gasteiger partial charge on any atom is 0.306 e. The number of hydrogen-bond acceptors (Lipinski definition) is 4. The third-order valence-electron chi connectivity index (χ3n) is 3.69. The van der Waals surface area contributed by atoms with E-state index in [1.807, 2.05) is 16.8 Å². The number of anilines is 1. The van der Waals surface area contributed by atoms with Crippen LogP contribution in [-0.4, -0.2) is 25.6 Å². The largest absolute Gasteiger partial charge is 0.481 e. The van der Waals surface area contributed by atoms with Gasteiger partial charge in [-0.05, 0) is 25.3 Å². The van der Waals surface area contributed by atoms with E-state index in [1.54, 1.807) is 0 Å². The second-order valence-corrected chi connectivity index (χ2v) is 4.72. The number of carboxylic acid groups (broad SMARTS) is 1. The summed E-state index contributed by atoms with van der Waals surface area (Å²) in [6.07, 6.45) is 5.61. The molecule has 0 amide bonds. The van der Waals surface area contributed by atoms with Crippen LogP contribution in [0.15, 0.2) is 18.6 Å². The summed E-state index contributed by atoms with van der Waals surface area (Å²) in [4.78, 5) is 19.2. The lowest BCUT2D eigenvalue weighted by Crippen LogP contribution is -2.11. The van der Waals surface area contributed by atoms with Crippen molar-refractivity contribution in [2.75, 3.05) is 5.73 Å². The summed E-state index contributed by atoms with van der Waals surface area (Å²) < 4.78 is 2.02. The molecule has 2 heterocycles. The van der Waals surface area contributed by atoms with Gasteiger partial charge in [-0.3, -0.25) is 4.79 Å². The molecule has 1 fully saturated rings. The van der Waals surface area contributed by atoms with Gasteiger partial charge in [0.05, 0.1) is 11.3 Å². The summed E-state index contributed by atoms with van der Waals surface area (Å²) in [5.41, 5.74) is 6.58. The highest BCUT2D eigenvalue weighted by Gasteiger charge is 2.31. The minimum atomic E-state index is -0.705. The molecule has 0 bridgehead atoms. The fourth-order valence-corrected chi connectivity index (χ4v) is 2.72. The molecule has 1 aliphatic carbocycles. The van der Waals surface area contributed by atoms with Crippen molar-refractivity contribution in [2.45, 2.75) is 25.3 Å². The van der Waals surface area contributed by atoms with Crippen LogP contribution in [0.5, 0.6) is 0 Å². The Bertz CT molecular complexity index is 607. The minimum absolute atomic E-state index is 0.192. The number of aromatic nitrogens is 3. The van der Waals surface area contributed by atoms with Crippen LogP contribution in [0.25, 0.3) is 11.0 Å². The normalized spacial score (nSPS) is 23.6. The van der Waals surface area contributed by atoms with E-state index in [-0.39, 0.29) is 12.0 Å². The van der Waals surface area contributed by atoms with Gasteiger partial charge in [0.1, 0.15) is 17.8 Å². The van der Waals surface area contributed by atoms with Crippen LogP contribution in [0.2, 0.25) is 0 Å². The van der Waals surface area contributed by atoms with Crippen molar-refractivity contribution in [2.24, 2.45) is 5.92 Å². The zero-order valence-electron chi connectivity index (χ0n) is 9.78. The van der Waals surface area contributed by atoms with E-state index in [1.165, 1.54) is 6.33 Å². The standard InChI is InChI=1S/C12H14N4O2/c13-10-9-3-4-16(11(9)15-6-14-10)8-2-1-7(5-8)12(17)18/h3-4,6-8H,1-2,5H2,(H,17,18)(H2,13,14,15)/t7-,8-/m1/s1. The predicted molar refractivity (Wildman–Crippen MR) is 66.0 cm³/mol. The number of carboxylic acids is 1. The van der Waals surface area contributed by atoms with Gasteiger partial charge in [0.25, 0.3) is 0 Å². The number of carbonyl (C=O) groups is 1. The summed E-state index contributed by atoms with van der Waals surface area (Å²) in [6.45, 7) is 0. The molecular formula is C12H14N4O2. The first-order valence-electron chi connectivity index (χ1n) is 5.96. The molecule has 2 atom stereocenters. The molecular weight excluding hydrogens is 232 g/mol. The lowest BCUT2D eigenvalue weighted by Gasteiger charge is -2.13. The molecule has 94 valence electrons. The van der Waals surface area contributed by atoms with Crippen LogP contribution in [0.3, 0.4) is 0 Å². The van der Waals surface area contributed by atoms with Crippen LogP contribution >= 0.6 is 0 Å². The number of nitrogen functional groups attached to an aromatic ring is 1. The highest BCUT2D eigenvalue weighted by Crippen LogP contribution is 2.36. The number of aliphatic carboxylic acids is 1. The molecule has 0 unspecified atom stereocenters. The second-order valence-electron chi connectivity index (χ2n) is 4.72. The maximum atomic E-state index is 11.0. The molecule has 6 nitrogen and oxygen atoms in total. The van der Waals surface area contributed by atoms with Gasteiger partial charge in [0.15, 0.2) is 0 Å².